The molecule has 3 aromatic rings. The molecular formula is C19H19N3O5S2. The number of hydroxylamine groups is 1. The molecule has 4 rings (SSSR count). The molecule has 0 bridgehead atoms. The van der Waals surface area contributed by atoms with Gasteiger partial charge in [0.05, 0.1) is 20.6 Å². The lowest BCUT2D eigenvalue weighted by molar-refractivity contribution is -0.198. The number of rotatable bonds is 6. The Morgan fingerprint density at radius 1 is 1.34 bits per heavy atom. The third-order valence-electron chi connectivity index (χ3n) is 4.42. The zero-order chi connectivity index (χ0) is 20.3. The van der Waals surface area contributed by atoms with Crippen LogP contribution in [0.1, 0.15) is 24.8 Å². The van der Waals surface area contributed by atoms with Gasteiger partial charge in [-0.25, -0.2) is 27.7 Å². The summed E-state index contributed by atoms with van der Waals surface area (Å²) >= 11 is 1.38. The molecule has 2 aromatic heterocycles. The van der Waals surface area contributed by atoms with Crippen LogP contribution in [0.5, 0.6) is 0 Å². The Kier molecular flexibility index (Phi) is 5.76. The van der Waals surface area contributed by atoms with Gasteiger partial charge in [0.15, 0.2) is 6.29 Å². The van der Waals surface area contributed by atoms with Crippen LogP contribution in [0.25, 0.3) is 16.3 Å². The Morgan fingerprint density at radius 3 is 3.07 bits per heavy atom. The normalized spacial score (nSPS) is 17.7. The topological polar surface area (TPSA) is 99.5 Å². The van der Waals surface area contributed by atoms with Gasteiger partial charge in [-0.05, 0) is 48.7 Å². The molecule has 29 heavy (non-hydrogen) atoms. The van der Waals surface area contributed by atoms with Crippen molar-refractivity contribution in [3.8, 4) is 0 Å². The Morgan fingerprint density at radius 2 is 2.24 bits per heavy atom. The van der Waals surface area contributed by atoms with Gasteiger partial charge in [0.25, 0.3) is 15.9 Å². The zero-order valence-corrected chi connectivity index (χ0v) is 17.0. The summed E-state index contributed by atoms with van der Waals surface area (Å²) in [4.78, 5) is 21.4. The maximum atomic E-state index is 12.8. The van der Waals surface area contributed by atoms with Crippen molar-refractivity contribution in [3.05, 3.63) is 53.8 Å². The van der Waals surface area contributed by atoms with Gasteiger partial charge in [0, 0.05) is 31.5 Å². The van der Waals surface area contributed by atoms with Gasteiger partial charge in [0.1, 0.15) is 0 Å². The van der Waals surface area contributed by atoms with E-state index in [1.807, 2.05) is 0 Å². The predicted molar refractivity (Wildman–Crippen MR) is 108 cm³/mol. The lowest BCUT2D eigenvalue weighted by Crippen LogP contribution is -2.32. The SMILES string of the molecule is O=C(C=Cc1ccn(S(=O)(=O)c2ccc3ncsc3c2)c1)NOC1CCCCO1. The number of carbonyl (C=O) groups is 1. The maximum Gasteiger partial charge on any atom is 0.267 e. The quantitative estimate of drug-likeness (QED) is 0.474. The number of hydrogen-bond acceptors (Lipinski definition) is 7. The minimum atomic E-state index is -3.73. The van der Waals surface area contributed by atoms with Crippen LogP contribution in [0.3, 0.4) is 0 Å². The molecule has 3 heterocycles. The fourth-order valence-corrected chi connectivity index (χ4v) is 4.91. The monoisotopic (exact) mass is 433 g/mol. The number of carbonyl (C=O) groups excluding carboxylic acids is 1. The zero-order valence-electron chi connectivity index (χ0n) is 15.4. The van der Waals surface area contributed by atoms with Gasteiger partial charge in [-0.2, -0.15) is 0 Å². The van der Waals surface area contributed by atoms with Crippen molar-refractivity contribution < 1.29 is 22.8 Å². The standard InChI is InChI=1S/C19H19N3O5S2/c23-18(21-27-19-3-1-2-10-26-19)7-4-14-8-9-22(12-14)29(24,25)15-5-6-16-17(11-15)28-13-20-16/h4-9,11-13,19H,1-3,10H2,(H,21,23). The van der Waals surface area contributed by atoms with Gasteiger partial charge in [-0.3, -0.25) is 4.79 Å². The molecule has 1 unspecified atom stereocenters. The molecule has 0 radical (unpaired) electrons. The van der Waals surface area contributed by atoms with Crippen molar-refractivity contribution in [2.24, 2.45) is 0 Å². The molecule has 1 aliphatic rings. The first kappa shape index (κ1) is 19.8. The van der Waals surface area contributed by atoms with E-state index in [9.17, 15) is 13.2 Å². The highest BCUT2D eigenvalue weighted by atomic mass is 32.2. The van der Waals surface area contributed by atoms with Crippen molar-refractivity contribution in [1.29, 1.82) is 0 Å². The highest BCUT2D eigenvalue weighted by molar-refractivity contribution is 7.90. The van der Waals surface area contributed by atoms with E-state index < -0.39 is 22.2 Å². The molecule has 1 fully saturated rings. The minimum Gasteiger partial charge on any atom is -0.350 e. The third-order valence-corrected chi connectivity index (χ3v) is 6.85. The van der Waals surface area contributed by atoms with Crippen molar-refractivity contribution in [1.82, 2.24) is 14.4 Å². The summed E-state index contributed by atoms with van der Waals surface area (Å²) in [5.74, 6) is -0.453. The summed E-state index contributed by atoms with van der Waals surface area (Å²) in [5, 5.41) is 0. The van der Waals surface area contributed by atoms with Gasteiger partial charge >= 0.3 is 0 Å². The Hall–Kier alpha value is -2.53. The number of amides is 1. The Balaban J connectivity index is 1.41. The lowest BCUT2D eigenvalue weighted by Gasteiger charge is -2.21. The number of ether oxygens (including phenoxy) is 1. The average Bonchev–Trinajstić information content (AvgIpc) is 3.40. The van der Waals surface area contributed by atoms with Gasteiger partial charge in [-0.15, -0.1) is 11.3 Å². The molecule has 1 aliphatic heterocycles. The summed E-state index contributed by atoms with van der Waals surface area (Å²) in [6.45, 7) is 0.619. The van der Waals surface area contributed by atoms with Gasteiger partial charge in [0.2, 0.25) is 0 Å². The van der Waals surface area contributed by atoms with Crippen molar-refractivity contribution >= 4 is 43.6 Å². The first-order valence-electron chi connectivity index (χ1n) is 9.04. The van der Waals surface area contributed by atoms with Crippen LogP contribution in [-0.2, 0) is 24.4 Å². The molecule has 1 amide bonds. The van der Waals surface area contributed by atoms with E-state index in [0.717, 1.165) is 33.5 Å². The second-order valence-electron chi connectivity index (χ2n) is 6.48. The highest BCUT2D eigenvalue weighted by Gasteiger charge is 2.18. The Bertz CT molecular complexity index is 1140. The van der Waals surface area contributed by atoms with Crippen molar-refractivity contribution in [3.63, 3.8) is 0 Å². The number of thiazole rings is 1. The fraction of sp³-hybridized carbons (Fsp3) is 0.263. The van der Waals surface area contributed by atoms with Gasteiger partial charge in [-0.1, -0.05) is 0 Å². The molecular weight excluding hydrogens is 414 g/mol. The summed E-state index contributed by atoms with van der Waals surface area (Å²) in [6, 6.07) is 6.43. The summed E-state index contributed by atoms with van der Waals surface area (Å²) < 4.78 is 33.0. The molecule has 1 aromatic carbocycles. The molecule has 1 saturated heterocycles. The van der Waals surface area contributed by atoms with Crippen LogP contribution in [0, 0.1) is 0 Å². The molecule has 0 saturated carbocycles. The van der Waals surface area contributed by atoms with Crippen LogP contribution in [0.2, 0.25) is 0 Å². The van der Waals surface area contributed by atoms with Crippen LogP contribution >= 0.6 is 11.3 Å². The van der Waals surface area contributed by atoms with Gasteiger partial charge < -0.3 is 4.74 Å². The molecule has 0 aliphatic carbocycles. The van der Waals surface area contributed by atoms with E-state index in [0.29, 0.717) is 12.2 Å². The van der Waals surface area contributed by atoms with E-state index in [-0.39, 0.29) is 4.90 Å². The summed E-state index contributed by atoms with van der Waals surface area (Å²) in [5.41, 5.74) is 5.32. The van der Waals surface area contributed by atoms with E-state index in [4.69, 9.17) is 9.57 Å². The van der Waals surface area contributed by atoms with E-state index in [1.54, 1.807) is 23.7 Å². The van der Waals surface area contributed by atoms with Crippen molar-refractivity contribution in [2.75, 3.05) is 6.61 Å². The fourth-order valence-electron chi connectivity index (χ4n) is 2.89. The van der Waals surface area contributed by atoms with E-state index in [1.165, 1.54) is 41.9 Å². The second kappa shape index (κ2) is 8.46. The number of benzene rings is 1. The lowest BCUT2D eigenvalue weighted by atomic mass is 10.2. The van der Waals surface area contributed by atoms with Crippen LogP contribution in [0.15, 0.2) is 53.1 Å². The highest BCUT2D eigenvalue weighted by Crippen LogP contribution is 2.23. The Labute approximate surface area is 171 Å². The maximum absolute atomic E-state index is 12.8. The van der Waals surface area contributed by atoms with Crippen LogP contribution in [0.4, 0.5) is 0 Å². The second-order valence-corrected chi connectivity index (χ2v) is 9.20. The molecule has 10 heteroatoms. The van der Waals surface area contributed by atoms with Crippen LogP contribution < -0.4 is 5.48 Å². The summed E-state index contributed by atoms with van der Waals surface area (Å²) in [7, 11) is -3.73. The molecule has 1 N–H and O–H groups in total. The van der Waals surface area contributed by atoms with Crippen LogP contribution in [-0.4, -0.2) is 36.2 Å². The first-order valence-corrected chi connectivity index (χ1v) is 11.4. The number of aromatic nitrogens is 2. The molecule has 152 valence electrons. The largest absolute Gasteiger partial charge is 0.350 e. The first-order chi connectivity index (χ1) is 14.0. The number of nitrogens with zero attached hydrogens (tertiary/aromatic N) is 2. The average molecular weight is 434 g/mol. The molecule has 1 atom stereocenters. The number of nitrogens with one attached hydrogen (secondary N) is 1. The smallest absolute Gasteiger partial charge is 0.267 e. The molecule has 0 spiro atoms. The van der Waals surface area contributed by atoms with E-state index in [2.05, 4.69) is 10.5 Å². The third kappa shape index (κ3) is 4.56. The predicted octanol–water partition coefficient (Wildman–Crippen LogP) is 2.92. The summed E-state index contributed by atoms with van der Waals surface area (Å²) in [6.07, 6.45) is 7.97. The number of hydrogen-bond donors (Lipinski definition) is 1. The van der Waals surface area contributed by atoms with E-state index >= 15 is 0 Å². The van der Waals surface area contributed by atoms with Crippen molar-refractivity contribution in [2.45, 2.75) is 30.4 Å². The number of fused-ring (bicyclic) bond motifs is 1. The molecule has 8 nitrogen and oxygen atoms in total. The minimum absolute atomic E-state index is 0.180.